The van der Waals surface area contributed by atoms with Crippen molar-refractivity contribution in [1.29, 1.82) is 0 Å². The molecule has 102 valence electrons. The molecule has 1 aliphatic heterocycles. The molecule has 1 aromatic rings. The minimum Gasteiger partial charge on any atom is -0.351 e. The van der Waals surface area contributed by atoms with Gasteiger partial charge in [0.1, 0.15) is 4.88 Å². The fraction of sp³-hybridized carbons (Fsp3) is 0.583. The smallest absolute Gasteiger partial charge is 0.262 e. The summed E-state index contributed by atoms with van der Waals surface area (Å²) in [5.74, 6) is 0.662. The summed E-state index contributed by atoms with van der Waals surface area (Å²) in [7, 11) is 0. The molecule has 0 bridgehead atoms. The van der Waals surface area contributed by atoms with Gasteiger partial charge in [-0.25, -0.2) is 0 Å². The third kappa shape index (κ3) is 3.85. The molecule has 3 nitrogen and oxygen atoms in total. The fourth-order valence-electron chi connectivity index (χ4n) is 2.01. The highest BCUT2D eigenvalue weighted by atomic mass is 35.5. The van der Waals surface area contributed by atoms with Crippen LogP contribution in [0.2, 0.25) is 5.02 Å². The molecule has 0 radical (unpaired) electrons. The van der Waals surface area contributed by atoms with Crippen LogP contribution in [0.5, 0.6) is 0 Å². The van der Waals surface area contributed by atoms with Crippen molar-refractivity contribution < 1.29 is 4.79 Å². The van der Waals surface area contributed by atoms with E-state index in [0.29, 0.717) is 15.8 Å². The van der Waals surface area contributed by atoms with Gasteiger partial charge in [0.15, 0.2) is 0 Å². The molecular weight excluding hydrogens is 291 g/mol. The molecule has 1 aliphatic rings. The van der Waals surface area contributed by atoms with Gasteiger partial charge in [-0.1, -0.05) is 11.6 Å². The molecule has 0 spiro atoms. The van der Waals surface area contributed by atoms with Crippen molar-refractivity contribution in [3.05, 3.63) is 20.8 Å². The summed E-state index contributed by atoms with van der Waals surface area (Å²) in [6, 6.07) is 0. The molecule has 1 aromatic heterocycles. The van der Waals surface area contributed by atoms with Crippen LogP contribution in [-0.4, -0.2) is 25.5 Å². The Morgan fingerprint density at radius 1 is 1.67 bits per heavy atom. The van der Waals surface area contributed by atoms with Gasteiger partial charge in [0.05, 0.1) is 5.02 Å². The van der Waals surface area contributed by atoms with Gasteiger partial charge in [-0.05, 0) is 49.7 Å². The average Bonchev–Trinajstić information content (AvgIpc) is 2.91. The number of carbonyl (C=O) groups excluding carboxylic acids is 1. The molecule has 2 heterocycles. The first kappa shape index (κ1) is 15.8. The van der Waals surface area contributed by atoms with E-state index < -0.39 is 0 Å². The van der Waals surface area contributed by atoms with Gasteiger partial charge < -0.3 is 10.6 Å². The lowest BCUT2D eigenvalue weighted by atomic mass is 10.1. The molecule has 0 saturated carbocycles. The first-order chi connectivity index (χ1) is 8.18. The molecule has 18 heavy (non-hydrogen) atoms. The normalized spacial score (nSPS) is 18.4. The number of nitrogens with one attached hydrogen (secondary N) is 2. The Morgan fingerprint density at radius 3 is 3.00 bits per heavy atom. The minimum absolute atomic E-state index is 0. The number of rotatable bonds is 4. The first-order valence-corrected chi connectivity index (χ1v) is 7.16. The Morgan fingerprint density at radius 2 is 2.44 bits per heavy atom. The van der Waals surface area contributed by atoms with Crippen molar-refractivity contribution in [2.75, 3.05) is 19.6 Å². The molecule has 2 N–H and O–H groups in total. The summed E-state index contributed by atoms with van der Waals surface area (Å²) < 4.78 is 0. The number of aryl methyl sites for hydroxylation is 1. The lowest BCUT2D eigenvalue weighted by molar-refractivity contribution is 0.0956. The molecular formula is C12H18Cl2N2OS. The zero-order chi connectivity index (χ0) is 12.3. The Kier molecular flexibility index (Phi) is 6.43. The number of hydrogen-bond acceptors (Lipinski definition) is 3. The van der Waals surface area contributed by atoms with Crippen LogP contribution < -0.4 is 10.6 Å². The quantitative estimate of drug-likeness (QED) is 0.898. The van der Waals surface area contributed by atoms with Crippen LogP contribution in [0.3, 0.4) is 0 Å². The summed E-state index contributed by atoms with van der Waals surface area (Å²) in [5.41, 5.74) is 0.974. The van der Waals surface area contributed by atoms with Crippen molar-refractivity contribution in [2.45, 2.75) is 19.8 Å². The molecule has 6 heteroatoms. The summed E-state index contributed by atoms with van der Waals surface area (Å²) in [6.07, 6.45) is 2.26. The molecule has 1 atom stereocenters. The lowest BCUT2D eigenvalue weighted by Gasteiger charge is -2.08. The molecule has 0 aliphatic carbocycles. The highest BCUT2D eigenvalue weighted by Gasteiger charge is 2.16. The summed E-state index contributed by atoms with van der Waals surface area (Å²) in [4.78, 5) is 12.5. The Bertz CT molecular complexity index is 403. The Hall–Kier alpha value is -0.290. The van der Waals surface area contributed by atoms with Gasteiger partial charge in [-0.15, -0.1) is 23.7 Å². The molecule has 1 fully saturated rings. The van der Waals surface area contributed by atoms with Crippen LogP contribution >= 0.6 is 35.3 Å². The minimum atomic E-state index is -0.0425. The molecule has 1 saturated heterocycles. The topological polar surface area (TPSA) is 41.1 Å². The van der Waals surface area contributed by atoms with E-state index in [0.717, 1.165) is 31.6 Å². The maximum atomic E-state index is 11.9. The van der Waals surface area contributed by atoms with Crippen molar-refractivity contribution in [3.63, 3.8) is 0 Å². The second-order valence-electron chi connectivity index (χ2n) is 4.47. The number of thiophene rings is 1. The van der Waals surface area contributed by atoms with Crippen molar-refractivity contribution in [2.24, 2.45) is 5.92 Å². The zero-order valence-electron chi connectivity index (χ0n) is 10.3. The van der Waals surface area contributed by atoms with E-state index in [1.165, 1.54) is 17.8 Å². The molecule has 2 rings (SSSR count). The second kappa shape index (κ2) is 7.34. The van der Waals surface area contributed by atoms with Gasteiger partial charge in [-0.2, -0.15) is 0 Å². The highest BCUT2D eigenvalue weighted by Crippen LogP contribution is 2.26. The number of hydrogen-bond donors (Lipinski definition) is 2. The van der Waals surface area contributed by atoms with Crippen LogP contribution in [0.15, 0.2) is 5.38 Å². The van der Waals surface area contributed by atoms with Crippen LogP contribution in [-0.2, 0) is 0 Å². The first-order valence-electron chi connectivity index (χ1n) is 5.91. The van der Waals surface area contributed by atoms with E-state index >= 15 is 0 Å². The standard InChI is InChI=1S/C12H17ClN2OS.ClH/c1-8-7-17-11(10(8)13)12(16)15-5-3-9-2-4-14-6-9;/h7,9,14H,2-6H2,1H3,(H,15,16);1H. The molecule has 1 unspecified atom stereocenters. The van der Waals surface area contributed by atoms with E-state index in [4.69, 9.17) is 11.6 Å². The summed E-state index contributed by atoms with van der Waals surface area (Å²) >= 11 is 7.46. The average molecular weight is 309 g/mol. The van der Waals surface area contributed by atoms with Gasteiger partial charge in [0.2, 0.25) is 0 Å². The van der Waals surface area contributed by atoms with Crippen molar-refractivity contribution in [1.82, 2.24) is 10.6 Å². The van der Waals surface area contributed by atoms with Crippen LogP contribution in [0, 0.1) is 12.8 Å². The van der Waals surface area contributed by atoms with E-state index in [9.17, 15) is 4.79 Å². The highest BCUT2D eigenvalue weighted by molar-refractivity contribution is 7.13. The Labute approximate surface area is 123 Å². The SMILES string of the molecule is Cc1csc(C(=O)NCCC2CCNC2)c1Cl.Cl. The Balaban J connectivity index is 0.00000162. The summed E-state index contributed by atoms with van der Waals surface area (Å²) in [6.45, 7) is 4.83. The maximum Gasteiger partial charge on any atom is 0.262 e. The van der Waals surface area contributed by atoms with Crippen LogP contribution in [0.25, 0.3) is 0 Å². The van der Waals surface area contributed by atoms with Gasteiger partial charge in [0, 0.05) is 6.54 Å². The summed E-state index contributed by atoms with van der Waals surface area (Å²) in [5, 5.41) is 8.77. The predicted octanol–water partition coefficient (Wildman–Crippen LogP) is 2.86. The van der Waals surface area contributed by atoms with E-state index in [1.54, 1.807) is 0 Å². The third-order valence-electron chi connectivity index (χ3n) is 3.11. The number of halogens is 2. The monoisotopic (exact) mass is 308 g/mol. The van der Waals surface area contributed by atoms with E-state index in [1.807, 2.05) is 12.3 Å². The van der Waals surface area contributed by atoms with Gasteiger partial charge in [0.25, 0.3) is 5.91 Å². The van der Waals surface area contributed by atoms with Gasteiger partial charge in [-0.3, -0.25) is 4.79 Å². The maximum absolute atomic E-state index is 11.9. The largest absolute Gasteiger partial charge is 0.351 e. The fourth-order valence-corrected chi connectivity index (χ4v) is 3.21. The third-order valence-corrected chi connectivity index (χ3v) is 4.80. The number of amides is 1. The van der Waals surface area contributed by atoms with Crippen molar-refractivity contribution >= 4 is 41.3 Å². The number of carbonyl (C=O) groups is 1. The second-order valence-corrected chi connectivity index (χ2v) is 5.72. The van der Waals surface area contributed by atoms with Crippen molar-refractivity contribution in [3.8, 4) is 0 Å². The zero-order valence-corrected chi connectivity index (χ0v) is 12.7. The van der Waals surface area contributed by atoms with E-state index in [2.05, 4.69) is 10.6 Å². The molecule has 1 amide bonds. The van der Waals surface area contributed by atoms with Gasteiger partial charge >= 0.3 is 0 Å². The van der Waals surface area contributed by atoms with E-state index in [-0.39, 0.29) is 18.3 Å². The van der Waals surface area contributed by atoms with Crippen LogP contribution in [0.1, 0.15) is 28.1 Å². The van der Waals surface area contributed by atoms with Crippen LogP contribution in [0.4, 0.5) is 0 Å². The lowest BCUT2D eigenvalue weighted by Crippen LogP contribution is -2.26. The molecule has 0 aromatic carbocycles. The predicted molar refractivity (Wildman–Crippen MR) is 79.2 cm³/mol.